The summed E-state index contributed by atoms with van der Waals surface area (Å²) in [6.45, 7) is 1.50. The molecule has 3 aromatic heterocycles. The van der Waals surface area contributed by atoms with E-state index in [0.717, 1.165) is 10.5 Å². The lowest BCUT2D eigenvalue weighted by Gasteiger charge is -2.35. The van der Waals surface area contributed by atoms with Gasteiger partial charge in [-0.25, -0.2) is 9.78 Å². The number of carbonyl (C=O) groups is 2. The first-order valence-electron chi connectivity index (χ1n) is 10.6. The molecular weight excluding hydrogens is 477 g/mol. The Kier molecular flexibility index (Phi) is 5.42. The van der Waals surface area contributed by atoms with Crippen LogP contribution >= 0.6 is 11.6 Å². The van der Waals surface area contributed by atoms with Gasteiger partial charge in [0.2, 0.25) is 0 Å². The molecule has 5 heterocycles. The lowest BCUT2D eigenvalue weighted by Crippen LogP contribution is -2.47. The fraction of sp³-hybridized carbons (Fsp3) is 0.429. The molecular formula is C21H20ClF3N6O3. The minimum atomic E-state index is -4.71. The number of aromatic nitrogens is 4. The van der Waals surface area contributed by atoms with E-state index in [1.165, 1.54) is 22.0 Å². The Morgan fingerprint density at radius 1 is 1.18 bits per heavy atom. The summed E-state index contributed by atoms with van der Waals surface area (Å²) in [7, 11) is 1.66. The molecule has 0 saturated carbocycles. The standard InChI is InChI=1S/C21H20ClF3N6O3/c1-28-10-13(9-26-28)12-8-15(21(23,24)25)18-27-16(17(22)31(18)11-12)19(32)29-4-2-14(3-5-29)30-6-7-34-20(30)33/h8-11,14H,2-7H2,1H3. The first kappa shape index (κ1) is 22.5. The number of pyridine rings is 1. The van der Waals surface area contributed by atoms with Gasteiger partial charge < -0.3 is 14.5 Å². The van der Waals surface area contributed by atoms with Crippen LogP contribution in [0.25, 0.3) is 16.8 Å². The minimum absolute atomic E-state index is 0.0468. The molecule has 2 aliphatic heterocycles. The second-order valence-corrected chi connectivity index (χ2v) is 8.68. The number of imidazole rings is 1. The highest BCUT2D eigenvalue weighted by Gasteiger charge is 2.38. The average molecular weight is 497 g/mol. The van der Waals surface area contributed by atoms with Gasteiger partial charge in [-0.15, -0.1) is 0 Å². The van der Waals surface area contributed by atoms with Crippen molar-refractivity contribution in [1.29, 1.82) is 0 Å². The van der Waals surface area contributed by atoms with E-state index in [1.807, 2.05) is 0 Å². The summed E-state index contributed by atoms with van der Waals surface area (Å²) in [5, 5.41) is 3.81. The monoisotopic (exact) mass is 496 g/mol. The topological polar surface area (TPSA) is 85.0 Å². The third-order valence-corrected chi connectivity index (χ3v) is 6.55. The Bertz CT molecular complexity index is 1280. The Labute approximate surface area is 196 Å². The van der Waals surface area contributed by atoms with Gasteiger partial charge in [0.1, 0.15) is 11.8 Å². The molecule has 0 bridgehead atoms. The molecule has 5 rings (SSSR count). The molecule has 0 radical (unpaired) electrons. The third-order valence-electron chi connectivity index (χ3n) is 6.19. The number of ether oxygens (including phenoxy) is 1. The van der Waals surface area contributed by atoms with Crippen molar-refractivity contribution in [3.8, 4) is 11.1 Å². The van der Waals surface area contributed by atoms with Crippen LogP contribution in [-0.2, 0) is 18.0 Å². The number of hydrogen-bond donors (Lipinski definition) is 0. The molecule has 0 N–H and O–H groups in total. The maximum absolute atomic E-state index is 13.9. The molecule has 9 nitrogen and oxygen atoms in total. The maximum Gasteiger partial charge on any atom is 0.420 e. The number of alkyl halides is 3. The van der Waals surface area contributed by atoms with Gasteiger partial charge in [0.15, 0.2) is 11.3 Å². The van der Waals surface area contributed by atoms with Crippen LogP contribution in [0.4, 0.5) is 18.0 Å². The van der Waals surface area contributed by atoms with Gasteiger partial charge in [0.05, 0.1) is 18.3 Å². The Morgan fingerprint density at radius 3 is 2.50 bits per heavy atom. The highest BCUT2D eigenvalue weighted by atomic mass is 35.5. The highest BCUT2D eigenvalue weighted by Crippen LogP contribution is 2.37. The van der Waals surface area contributed by atoms with Gasteiger partial charge >= 0.3 is 12.3 Å². The zero-order valence-electron chi connectivity index (χ0n) is 18.0. The summed E-state index contributed by atoms with van der Waals surface area (Å²) >= 11 is 6.40. The van der Waals surface area contributed by atoms with Crippen molar-refractivity contribution in [2.45, 2.75) is 25.1 Å². The van der Waals surface area contributed by atoms with Crippen LogP contribution in [0, 0.1) is 0 Å². The molecule has 0 aromatic carbocycles. The normalized spacial score (nSPS) is 17.6. The number of amides is 2. The quantitative estimate of drug-likeness (QED) is 0.554. The number of hydrogen-bond acceptors (Lipinski definition) is 5. The zero-order chi connectivity index (χ0) is 24.2. The molecule has 2 fully saturated rings. The fourth-order valence-electron chi connectivity index (χ4n) is 4.46. The van der Waals surface area contributed by atoms with Crippen molar-refractivity contribution >= 4 is 29.2 Å². The highest BCUT2D eigenvalue weighted by molar-refractivity contribution is 6.33. The van der Waals surface area contributed by atoms with Gasteiger partial charge in [-0.1, -0.05) is 11.6 Å². The molecule has 0 unspecified atom stereocenters. The number of rotatable bonds is 3. The molecule has 2 aliphatic rings. The third kappa shape index (κ3) is 3.85. The summed E-state index contributed by atoms with van der Waals surface area (Å²) in [5.74, 6) is -0.549. The van der Waals surface area contributed by atoms with Crippen molar-refractivity contribution in [2.75, 3.05) is 26.2 Å². The molecule has 0 spiro atoms. The van der Waals surface area contributed by atoms with Crippen molar-refractivity contribution in [1.82, 2.24) is 29.0 Å². The number of piperidine rings is 1. The fourth-order valence-corrected chi connectivity index (χ4v) is 4.71. The first-order chi connectivity index (χ1) is 16.1. The maximum atomic E-state index is 13.9. The summed E-state index contributed by atoms with van der Waals surface area (Å²) in [5.41, 5.74) is -0.974. The van der Waals surface area contributed by atoms with E-state index in [0.29, 0.717) is 44.6 Å². The van der Waals surface area contributed by atoms with Gasteiger partial charge in [-0.3, -0.25) is 13.9 Å². The van der Waals surface area contributed by atoms with Crippen LogP contribution in [0.1, 0.15) is 28.9 Å². The van der Waals surface area contributed by atoms with E-state index in [9.17, 15) is 22.8 Å². The molecule has 0 atom stereocenters. The smallest absolute Gasteiger partial charge is 0.420 e. The lowest BCUT2D eigenvalue weighted by atomic mass is 10.0. The van der Waals surface area contributed by atoms with Crippen molar-refractivity contribution < 1.29 is 27.5 Å². The van der Waals surface area contributed by atoms with E-state index in [1.54, 1.807) is 18.1 Å². The predicted octanol–water partition coefficient (Wildman–Crippen LogP) is 3.46. The van der Waals surface area contributed by atoms with Crippen LogP contribution < -0.4 is 0 Å². The van der Waals surface area contributed by atoms with Crippen LogP contribution in [0.5, 0.6) is 0 Å². The number of nitrogens with zero attached hydrogens (tertiary/aromatic N) is 6. The van der Waals surface area contributed by atoms with Crippen LogP contribution in [0.15, 0.2) is 24.7 Å². The number of carbonyl (C=O) groups excluding carboxylic acids is 2. The summed E-state index contributed by atoms with van der Waals surface area (Å²) < 4.78 is 49.2. The lowest BCUT2D eigenvalue weighted by molar-refractivity contribution is -0.136. The van der Waals surface area contributed by atoms with Gasteiger partial charge in [0, 0.05) is 49.7 Å². The predicted molar refractivity (Wildman–Crippen MR) is 114 cm³/mol. The van der Waals surface area contributed by atoms with Crippen LogP contribution in [-0.4, -0.2) is 73.2 Å². The Balaban J connectivity index is 1.46. The minimum Gasteiger partial charge on any atom is -0.448 e. The number of cyclic esters (lactones) is 1. The van der Waals surface area contributed by atoms with Gasteiger partial charge in [-0.2, -0.15) is 18.3 Å². The second-order valence-electron chi connectivity index (χ2n) is 8.32. The number of aryl methyl sites for hydroxylation is 1. The number of fused-ring (bicyclic) bond motifs is 1. The number of halogens is 4. The van der Waals surface area contributed by atoms with Gasteiger partial charge in [0.25, 0.3) is 5.91 Å². The summed E-state index contributed by atoms with van der Waals surface area (Å²) in [6.07, 6.45) is 0.431. The molecule has 13 heteroatoms. The zero-order valence-corrected chi connectivity index (χ0v) is 18.8. The van der Waals surface area contributed by atoms with Gasteiger partial charge in [-0.05, 0) is 18.9 Å². The Hall–Kier alpha value is -3.28. The molecule has 2 amide bonds. The molecule has 0 aliphatic carbocycles. The van der Waals surface area contributed by atoms with E-state index in [-0.39, 0.29) is 28.5 Å². The van der Waals surface area contributed by atoms with Crippen molar-refractivity contribution in [3.63, 3.8) is 0 Å². The van der Waals surface area contributed by atoms with Crippen LogP contribution in [0.2, 0.25) is 5.15 Å². The number of likely N-dealkylation sites (tertiary alicyclic amines) is 1. The summed E-state index contributed by atoms with van der Waals surface area (Å²) in [6, 6.07) is 0.930. The molecule has 3 aromatic rings. The largest absolute Gasteiger partial charge is 0.448 e. The first-order valence-corrected chi connectivity index (χ1v) is 11.0. The second kappa shape index (κ2) is 8.19. The van der Waals surface area contributed by atoms with E-state index >= 15 is 0 Å². The van der Waals surface area contributed by atoms with Crippen LogP contribution in [0.3, 0.4) is 0 Å². The van der Waals surface area contributed by atoms with Crippen molar-refractivity contribution in [2.24, 2.45) is 7.05 Å². The molecule has 180 valence electrons. The molecule has 34 heavy (non-hydrogen) atoms. The molecule has 2 saturated heterocycles. The van der Waals surface area contributed by atoms with E-state index in [2.05, 4.69) is 10.1 Å². The SMILES string of the molecule is Cn1cc(-c2cc(C(F)(F)F)c3nc(C(=O)N4CCC(N5CCOC5=O)CC4)c(Cl)n3c2)cn1. The summed E-state index contributed by atoms with van der Waals surface area (Å²) in [4.78, 5) is 32.1. The van der Waals surface area contributed by atoms with E-state index in [4.69, 9.17) is 16.3 Å². The Morgan fingerprint density at radius 2 is 1.91 bits per heavy atom. The van der Waals surface area contributed by atoms with E-state index < -0.39 is 23.3 Å². The van der Waals surface area contributed by atoms with Crippen molar-refractivity contribution in [3.05, 3.63) is 41.1 Å². The average Bonchev–Trinajstić information content (AvgIpc) is 3.51.